The minimum atomic E-state index is -0.778. The van der Waals surface area contributed by atoms with Gasteiger partial charge in [0.25, 0.3) is 11.7 Å². The number of hydrogen-bond donors (Lipinski definition) is 1. The maximum absolute atomic E-state index is 13.6. The number of nitrogens with zero attached hydrogens (tertiary/aromatic N) is 2. The number of ether oxygens (including phenoxy) is 3. The molecule has 1 unspecified atom stereocenters. The third-order valence-electron chi connectivity index (χ3n) is 7.64. The van der Waals surface area contributed by atoms with Crippen LogP contribution in [0.1, 0.15) is 76.6 Å². The summed E-state index contributed by atoms with van der Waals surface area (Å²) in [5, 5.41) is 11.6. The summed E-state index contributed by atoms with van der Waals surface area (Å²) in [6.07, 6.45) is 3.11. The van der Waals surface area contributed by atoms with Crippen LogP contribution >= 0.6 is 0 Å². The van der Waals surface area contributed by atoms with Gasteiger partial charge in [-0.2, -0.15) is 0 Å². The highest BCUT2D eigenvalue weighted by Crippen LogP contribution is 2.42. The van der Waals surface area contributed by atoms with Gasteiger partial charge in [0.05, 0.1) is 31.9 Å². The second kappa shape index (κ2) is 15.6. The van der Waals surface area contributed by atoms with Crippen LogP contribution in [0.15, 0.2) is 42.0 Å². The summed E-state index contributed by atoms with van der Waals surface area (Å²) in [5.74, 6) is 0.656. The Labute approximate surface area is 251 Å². The minimum Gasteiger partial charge on any atom is -0.507 e. The Hall–Kier alpha value is -3.52. The van der Waals surface area contributed by atoms with Gasteiger partial charge in [-0.1, -0.05) is 53.5 Å². The summed E-state index contributed by atoms with van der Waals surface area (Å²) < 4.78 is 17.5. The fourth-order valence-corrected chi connectivity index (χ4v) is 5.15. The number of rotatable bonds is 16. The molecule has 230 valence electrons. The number of aryl methyl sites for hydroxylation is 1. The summed E-state index contributed by atoms with van der Waals surface area (Å²) in [5.41, 5.74) is 1.97. The number of hydrogen-bond acceptors (Lipinski definition) is 7. The average molecular weight is 581 g/mol. The molecule has 1 N–H and O–H groups in total. The largest absolute Gasteiger partial charge is 0.507 e. The zero-order valence-electron chi connectivity index (χ0n) is 26.4. The fourth-order valence-electron chi connectivity index (χ4n) is 5.15. The van der Waals surface area contributed by atoms with Crippen molar-refractivity contribution in [2.75, 3.05) is 46.5 Å². The van der Waals surface area contributed by atoms with Crippen LogP contribution in [-0.2, 0) is 9.59 Å². The molecule has 0 spiro atoms. The molecule has 1 amide bonds. The van der Waals surface area contributed by atoms with E-state index in [-0.39, 0.29) is 11.3 Å². The number of likely N-dealkylation sites (tertiary alicyclic amines) is 1. The number of carbonyl (C=O) groups excluding carboxylic acids is 2. The summed E-state index contributed by atoms with van der Waals surface area (Å²) >= 11 is 0. The highest BCUT2D eigenvalue weighted by atomic mass is 16.5. The molecule has 1 fully saturated rings. The quantitative estimate of drug-likeness (QED) is 0.107. The molecule has 0 aliphatic carbocycles. The Kier molecular flexibility index (Phi) is 12.3. The van der Waals surface area contributed by atoms with Gasteiger partial charge in [0, 0.05) is 18.7 Å². The van der Waals surface area contributed by atoms with Gasteiger partial charge in [-0.3, -0.25) is 9.59 Å². The number of aliphatic hydroxyl groups is 1. The van der Waals surface area contributed by atoms with Gasteiger partial charge in [-0.15, -0.1) is 0 Å². The van der Waals surface area contributed by atoms with E-state index >= 15 is 0 Å². The molecular weight excluding hydrogens is 532 g/mol. The van der Waals surface area contributed by atoms with Gasteiger partial charge in [0.1, 0.15) is 11.5 Å². The van der Waals surface area contributed by atoms with E-state index < -0.39 is 17.7 Å². The smallest absolute Gasteiger partial charge is 0.295 e. The Morgan fingerprint density at radius 3 is 2.36 bits per heavy atom. The summed E-state index contributed by atoms with van der Waals surface area (Å²) in [6, 6.07) is 10.1. The number of ketones is 1. The summed E-state index contributed by atoms with van der Waals surface area (Å²) in [4.78, 5) is 30.8. The molecule has 1 aliphatic rings. The number of unbranched alkanes of at least 4 members (excludes halogenated alkanes) is 2. The number of carbonyl (C=O) groups is 2. The van der Waals surface area contributed by atoms with Crippen molar-refractivity contribution >= 4 is 17.4 Å². The van der Waals surface area contributed by atoms with Crippen LogP contribution in [0.5, 0.6) is 17.2 Å². The van der Waals surface area contributed by atoms with Gasteiger partial charge in [-0.05, 0) is 73.8 Å². The van der Waals surface area contributed by atoms with Gasteiger partial charge < -0.3 is 29.1 Å². The molecule has 2 aromatic rings. The third kappa shape index (κ3) is 7.85. The molecule has 2 aromatic carbocycles. The number of benzene rings is 2. The predicted octanol–water partition coefficient (Wildman–Crippen LogP) is 6.37. The van der Waals surface area contributed by atoms with Crippen molar-refractivity contribution in [3.63, 3.8) is 0 Å². The molecule has 8 nitrogen and oxygen atoms in total. The van der Waals surface area contributed by atoms with Crippen molar-refractivity contribution in [1.82, 2.24) is 9.80 Å². The molecule has 1 saturated heterocycles. The molecule has 3 rings (SSSR count). The fraction of sp³-hybridized carbons (Fsp3) is 0.529. The molecule has 1 atom stereocenters. The maximum Gasteiger partial charge on any atom is 0.295 e. The second-order valence-corrected chi connectivity index (χ2v) is 11.2. The van der Waals surface area contributed by atoms with E-state index in [1.807, 2.05) is 25.1 Å². The molecule has 1 heterocycles. The van der Waals surface area contributed by atoms with Gasteiger partial charge >= 0.3 is 0 Å². The lowest BCUT2D eigenvalue weighted by atomic mass is 9.93. The number of aliphatic hydroxyl groups excluding tert-OH is 1. The molecule has 1 aliphatic heterocycles. The molecular formula is C34H48N2O6. The van der Waals surface area contributed by atoms with Crippen LogP contribution in [-0.4, -0.2) is 73.1 Å². The molecule has 8 heteroatoms. The zero-order valence-corrected chi connectivity index (χ0v) is 26.4. The number of amides is 1. The van der Waals surface area contributed by atoms with E-state index in [1.54, 1.807) is 30.2 Å². The van der Waals surface area contributed by atoms with E-state index in [9.17, 15) is 14.7 Å². The van der Waals surface area contributed by atoms with Crippen LogP contribution in [0.2, 0.25) is 0 Å². The standard InChI is InChI=1S/C34H48N2O6/c1-8-11-12-19-41-28-16-13-25(21-29(28)40-7)31-30(33(38)34(39)36(31)18-17-35(9-2)10-3)32(37)27-15-14-26(20-24(27)6)42-22-23(4)5/h13-16,20-21,23,31,37H,8-12,17-19,22H2,1-7H3. The van der Waals surface area contributed by atoms with Crippen molar-refractivity contribution in [2.45, 2.75) is 66.8 Å². The van der Waals surface area contributed by atoms with Crippen LogP contribution < -0.4 is 14.2 Å². The van der Waals surface area contributed by atoms with E-state index in [0.29, 0.717) is 60.6 Å². The predicted molar refractivity (Wildman–Crippen MR) is 166 cm³/mol. The highest BCUT2D eigenvalue weighted by Gasteiger charge is 2.46. The molecule has 42 heavy (non-hydrogen) atoms. The van der Waals surface area contributed by atoms with Crippen molar-refractivity contribution < 1.29 is 28.9 Å². The van der Waals surface area contributed by atoms with Crippen LogP contribution in [0, 0.1) is 12.8 Å². The van der Waals surface area contributed by atoms with E-state index in [0.717, 1.165) is 37.9 Å². The number of likely N-dealkylation sites (N-methyl/N-ethyl adjacent to an activating group) is 1. The topological polar surface area (TPSA) is 88.5 Å². The first-order valence-corrected chi connectivity index (χ1v) is 15.2. The first-order valence-electron chi connectivity index (χ1n) is 15.2. The normalized spacial score (nSPS) is 16.5. The molecule has 0 aromatic heterocycles. The summed E-state index contributed by atoms with van der Waals surface area (Å²) in [6.45, 7) is 16.0. The lowest BCUT2D eigenvalue weighted by Gasteiger charge is -2.28. The second-order valence-electron chi connectivity index (χ2n) is 11.2. The van der Waals surface area contributed by atoms with E-state index in [4.69, 9.17) is 14.2 Å². The van der Waals surface area contributed by atoms with Crippen LogP contribution in [0.3, 0.4) is 0 Å². The lowest BCUT2D eigenvalue weighted by Crippen LogP contribution is -2.38. The number of Topliss-reactive ketones (excluding diaryl/α,β-unsaturated/α-hetero) is 1. The minimum absolute atomic E-state index is 0.0668. The highest BCUT2D eigenvalue weighted by molar-refractivity contribution is 6.46. The Bertz CT molecular complexity index is 1250. The van der Waals surface area contributed by atoms with E-state index in [1.165, 1.54) is 0 Å². The third-order valence-corrected chi connectivity index (χ3v) is 7.64. The zero-order chi connectivity index (χ0) is 30.8. The van der Waals surface area contributed by atoms with Crippen molar-refractivity contribution in [3.8, 4) is 17.2 Å². The van der Waals surface area contributed by atoms with Crippen LogP contribution in [0.4, 0.5) is 0 Å². The van der Waals surface area contributed by atoms with Gasteiger partial charge in [0.2, 0.25) is 0 Å². The van der Waals surface area contributed by atoms with Crippen molar-refractivity contribution in [2.24, 2.45) is 5.92 Å². The Morgan fingerprint density at radius 2 is 1.74 bits per heavy atom. The number of methoxy groups -OCH3 is 1. The maximum atomic E-state index is 13.6. The molecule has 0 bridgehead atoms. The molecule has 0 radical (unpaired) electrons. The lowest BCUT2D eigenvalue weighted by molar-refractivity contribution is -0.140. The van der Waals surface area contributed by atoms with E-state index in [2.05, 4.69) is 39.5 Å². The van der Waals surface area contributed by atoms with Crippen LogP contribution in [0.25, 0.3) is 5.76 Å². The Morgan fingerprint density at radius 1 is 1.00 bits per heavy atom. The Balaban J connectivity index is 2.08. The monoisotopic (exact) mass is 580 g/mol. The van der Waals surface area contributed by atoms with Crippen molar-refractivity contribution in [1.29, 1.82) is 0 Å². The molecule has 0 saturated carbocycles. The van der Waals surface area contributed by atoms with Crippen molar-refractivity contribution in [3.05, 3.63) is 58.7 Å². The first-order chi connectivity index (χ1) is 20.2. The average Bonchev–Trinajstić information content (AvgIpc) is 3.23. The first kappa shape index (κ1) is 33.0. The van der Waals surface area contributed by atoms with Gasteiger partial charge in [0.15, 0.2) is 11.5 Å². The summed E-state index contributed by atoms with van der Waals surface area (Å²) in [7, 11) is 1.57. The SMILES string of the molecule is CCCCCOc1ccc(C2C(=C(O)c3ccc(OCC(C)C)cc3C)C(=O)C(=O)N2CCN(CC)CC)cc1OC. The van der Waals surface area contributed by atoms with Gasteiger partial charge in [-0.25, -0.2) is 0 Å².